The van der Waals surface area contributed by atoms with Gasteiger partial charge in [0.1, 0.15) is 0 Å². The minimum atomic E-state index is 0.675. The maximum absolute atomic E-state index is 5.66. The van der Waals surface area contributed by atoms with Crippen LogP contribution in [0, 0.1) is 0 Å². The number of nitrogens with two attached hydrogens (primary N) is 1. The van der Waals surface area contributed by atoms with E-state index in [1.54, 1.807) is 11.3 Å². The highest BCUT2D eigenvalue weighted by Crippen LogP contribution is 2.34. The van der Waals surface area contributed by atoms with Crippen LogP contribution in [-0.4, -0.2) is 16.3 Å². The van der Waals surface area contributed by atoms with E-state index in [0.29, 0.717) is 6.54 Å². The van der Waals surface area contributed by atoms with E-state index in [-0.39, 0.29) is 0 Å². The van der Waals surface area contributed by atoms with Gasteiger partial charge in [0, 0.05) is 29.1 Å². The SMILES string of the molecule is NCCc1nn2c(c1-c1cccs1)CCC2. The number of aromatic nitrogens is 2. The first-order valence-electron chi connectivity index (χ1n) is 5.72. The molecule has 0 saturated heterocycles. The molecule has 3 nitrogen and oxygen atoms in total. The lowest BCUT2D eigenvalue weighted by Crippen LogP contribution is -2.05. The number of hydrogen-bond donors (Lipinski definition) is 1. The number of aryl methyl sites for hydroxylation is 1. The summed E-state index contributed by atoms with van der Waals surface area (Å²) in [7, 11) is 0. The monoisotopic (exact) mass is 233 g/mol. The van der Waals surface area contributed by atoms with E-state index in [4.69, 9.17) is 5.73 Å². The van der Waals surface area contributed by atoms with Crippen LogP contribution in [0.25, 0.3) is 10.4 Å². The number of thiophene rings is 1. The van der Waals surface area contributed by atoms with Crippen LogP contribution in [0.2, 0.25) is 0 Å². The van der Waals surface area contributed by atoms with Gasteiger partial charge in [0.25, 0.3) is 0 Å². The zero-order chi connectivity index (χ0) is 11.0. The van der Waals surface area contributed by atoms with Crippen molar-refractivity contribution >= 4 is 11.3 Å². The Morgan fingerprint density at radius 3 is 3.19 bits per heavy atom. The summed E-state index contributed by atoms with van der Waals surface area (Å²) in [6.07, 6.45) is 3.27. The van der Waals surface area contributed by atoms with Crippen LogP contribution in [0.5, 0.6) is 0 Å². The average molecular weight is 233 g/mol. The molecule has 0 fully saturated rings. The zero-order valence-corrected chi connectivity index (χ0v) is 9.96. The Balaban J connectivity index is 2.13. The Kier molecular flexibility index (Phi) is 2.53. The summed E-state index contributed by atoms with van der Waals surface area (Å²) >= 11 is 1.79. The van der Waals surface area contributed by atoms with Crippen molar-refractivity contribution in [2.24, 2.45) is 5.73 Å². The van der Waals surface area contributed by atoms with Gasteiger partial charge >= 0.3 is 0 Å². The summed E-state index contributed by atoms with van der Waals surface area (Å²) in [4.78, 5) is 1.34. The molecule has 3 rings (SSSR count). The van der Waals surface area contributed by atoms with Gasteiger partial charge in [-0.05, 0) is 30.8 Å². The Morgan fingerprint density at radius 1 is 1.50 bits per heavy atom. The second-order valence-corrected chi connectivity index (χ2v) is 5.06. The van der Waals surface area contributed by atoms with Gasteiger partial charge in [-0.15, -0.1) is 11.3 Å². The summed E-state index contributed by atoms with van der Waals surface area (Å²) in [6.45, 7) is 1.74. The predicted molar refractivity (Wildman–Crippen MR) is 66.6 cm³/mol. The number of hydrogen-bond acceptors (Lipinski definition) is 3. The molecule has 0 aromatic carbocycles. The van der Waals surface area contributed by atoms with Gasteiger partial charge < -0.3 is 5.73 Å². The van der Waals surface area contributed by atoms with Crippen LogP contribution in [0.1, 0.15) is 17.8 Å². The Morgan fingerprint density at radius 2 is 2.44 bits per heavy atom. The highest BCUT2D eigenvalue weighted by atomic mass is 32.1. The first kappa shape index (κ1) is 10.1. The fourth-order valence-electron chi connectivity index (χ4n) is 2.40. The summed E-state index contributed by atoms with van der Waals surface area (Å²) in [6, 6.07) is 4.28. The number of nitrogens with zero attached hydrogens (tertiary/aromatic N) is 2. The molecule has 1 aliphatic rings. The molecule has 16 heavy (non-hydrogen) atoms. The van der Waals surface area contributed by atoms with E-state index in [0.717, 1.165) is 19.4 Å². The first-order valence-corrected chi connectivity index (χ1v) is 6.60. The molecule has 3 heterocycles. The molecule has 4 heteroatoms. The fraction of sp³-hybridized carbons (Fsp3) is 0.417. The maximum Gasteiger partial charge on any atom is 0.0726 e. The van der Waals surface area contributed by atoms with Crippen molar-refractivity contribution in [2.75, 3.05) is 6.54 Å². The number of fused-ring (bicyclic) bond motifs is 1. The summed E-state index contributed by atoms with van der Waals surface area (Å²) in [5.41, 5.74) is 9.60. The highest BCUT2D eigenvalue weighted by Gasteiger charge is 2.22. The third-order valence-corrected chi connectivity index (χ3v) is 3.95. The van der Waals surface area contributed by atoms with E-state index >= 15 is 0 Å². The second-order valence-electron chi connectivity index (χ2n) is 4.11. The van der Waals surface area contributed by atoms with Crippen molar-refractivity contribution in [3.05, 3.63) is 28.9 Å². The van der Waals surface area contributed by atoms with Crippen LogP contribution < -0.4 is 5.73 Å². The lowest BCUT2D eigenvalue weighted by atomic mass is 10.1. The summed E-state index contributed by atoms with van der Waals surface area (Å²) in [5.74, 6) is 0. The fourth-order valence-corrected chi connectivity index (χ4v) is 3.22. The van der Waals surface area contributed by atoms with Crippen molar-refractivity contribution in [2.45, 2.75) is 25.8 Å². The van der Waals surface area contributed by atoms with Gasteiger partial charge in [-0.3, -0.25) is 4.68 Å². The van der Waals surface area contributed by atoms with E-state index in [1.165, 1.54) is 28.2 Å². The third-order valence-electron chi connectivity index (χ3n) is 3.06. The number of rotatable bonds is 3. The molecule has 1 aliphatic heterocycles. The van der Waals surface area contributed by atoms with Gasteiger partial charge in [0.15, 0.2) is 0 Å². The maximum atomic E-state index is 5.66. The average Bonchev–Trinajstić information content (AvgIpc) is 2.91. The molecular weight excluding hydrogens is 218 g/mol. The van der Waals surface area contributed by atoms with E-state index in [1.807, 2.05) is 0 Å². The van der Waals surface area contributed by atoms with Gasteiger partial charge in [-0.1, -0.05) is 6.07 Å². The van der Waals surface area contributed by atoms with Crippen LogP contribution in [0.3, 0.4) is 0 Å². The summed E-state index contributed by atoms with van der Waals surface area (Å²) < 4.78 is 2.17. The molecule has 0 amide bonds. The smallest absolute Gasteiger partial charge is 0.0726 e. The first-order chi connectivity index (χ1) is 7.90. The van der Waals surface area contributed by atoms with Crippen molar-refractivity contribution in [1.29, 1.82) is 0 Å². The molecule has 2 N–H and O–H groups in total. The second kappa shape index (κ2) is 4.03. The van der Waals surface area contributed by atoms with Crippen molar-refractivity contribution < 1.29 is 0 Å². The van der Waals surface area contributed by atoms with Crippen LogP contribution in [0.4, 0.5) is 0 Å². The molecule has 2 aromatic heterocycles. The molecule has 2 aromatic rings. The van der Waals surface area contributed by atoms with Crippen molar-refractivity contribution in [3.8, 4) is 10.4 Å². The molecule has 0 saturated carbocycles. The minimum absolute atomic E-state index is 0.675. The van der Waals surface area contributed by atoms with Gasteiger partial charge in [0.05, 0.1) is 5.69 Å². The lowest BCUT2D eigenvalue weighted by molar-refractivity contribution is 0.643. The molecular formula is C12H15N3S. The van der Waals surface area contributed by atoms with Crippen molar-refractivity contribution in [1.82, 2.24) is 9.78 Å². The molecule has 0 unspecified atom stereocenters. The van der Waals surface area contributed by atoms with Gasteiger partial charge in [-0.25, -0.2) is 0 Å². The Bertz CT molecular complexity index is 485. The third kappa shape index (κ3) is 1.49. The van der Waals surface area contributed by atoms with Gasteiger partial charge in [0.2, 0.25) is 0 Å². The summed E-state index contributed by atoms with van der Waals surface area (Å²) in [5, 5.41) is 6.81. The normalized spacial score (nSPS) is 14.3. The molecule has 0 spiro atoms. The quantitative estimate of drug-likeness (QED) is 0.882. The molecule has 0 bridgehead atoms. The molecule has 0 atom stereocenters. The molecule has 0 aliphatic carbocycles. The lowest BCUT2D eigenvalue weighted by Gasteiger charge is -2.00. The van der Waals surface area contributed by atoms with Crippen molar-refractivity contribution in [3.63, 3.8) is 0 Å². The van der Waals surface area contributed by atoms with E-state index < -0.39 is 0 Å². The Labute approximate surface area is 98.9 Å². The Hall–Kier alpha value is -1.13. The molecule has 84 valence electrons. The molecule has 0 radical (unpaired) electrons. The van der Waals surface area contributed by atoms with Gasteiger partial charge in [-0.2, -0.15) is 5.10 Å². The standard InChI is InChI=1S/C12H15N3S/c13-6-5-9-12(11-4-2-8-16-11)10-3-1-7-15(10)14-9/h2,4,8H,1,3,5-7,13H2. The van der Waals surface area contributed by atoms with Crippen LogP contribution in [-0.2, 0) is 19.4 Å². The largest absolute Gasteiger partial charge is 0.330 e. The predicted octanol–water partition coefficient (Wildman–Crippen LogP) is 2.06. The van der Waals surface area contributed by atoms with E-state index in [9.17, 15) is 0 Å². The van der Waals surface area contributed by atoms with Crippen LogP contribution in [0.15, 0.2) is 17.5 Å². The van der Waals surface area contributed by atoms with E-state index in [2.05, 4.69) is 27.3 Å². The topological polar surface area (TPSA) is 43.8 Å². The van der Waals surface area contributed by atoms with Crippen LogP contribution >= 0.6 is 11.3 Å². The zero-order valence-electron chi connectivity index (χ0n) is 9.15. The highest BCUT2D eigenvalue weighted by molar-refractivity contribution is 7.13. The minimum Gasteiger partial charge on any atom is -0.330 e.